The molecule has 10 heteroatoms. The van der Waals surface area contributed by atoms with E-state index in [0.29, 0.717) is 35.7 Å². The Kier molecular flexibility index (Phi) is 3.94. The van der Waals surface area contributed by atoms with Crippen molar-refractivity contribution >= 4 is 43.4 Å². The van der Waals surface area contributed by atoms with Crippen LogP contribution in [0.3, 0.4) is 0 Å². The van der Waals surface area contributed by atoms with E-state index in [1.807, 2.05) is 18.2 Å². The third kappa shape index (κ3) is 2.78. The summed E-state index contributed by atoms with van der Waals surface area (Å²) in [5.74, 6) is 0.763. The second-order valence-corrected chi connectivity index (χ2v) is 9.22. The normalized spacial score (nSPS) is 15.4. The average molecular weight is 418 g/mol. The lowest BCUT2D eigenvalue weighted by molar-refractivity contribution is -0.0228. The number of halogens is 1. The number of imidazole rings is 1. The van der Waals surface area contributed by atoms with Gasteiger partial charge in [0, 0.05) is 22.9 Å². The molecule has 0 spiro atoms. The van der Waals surface area contributed by atoms with Crippen LogP contribution in [-0.4, -0.2) is 52.2 Å². The van der Waals surface area contributed by atoms with Gasteiger partial charge in [-0.15, -0.1) is 0 Å². The van der Waals surface area contributed by atoms with E-state index in [2.05, 4.69) is 14.6 Å². The number of hydrogen-bond acceptors (Lipinski definition) is 6. The quantitative estimate of drug-likeness (QED) is 0.506. The van der Waals surface area contributed by atoms with Gasteiger partial charge in [-0.1, -0.05) is 11.6 Å². The molecule has 1 aromatic carbocycles. The van der Waals surface area contributed by atoms with Gasteiger partial charge in [-0.25, -0.2) is 13.4 Å². The zero-order chi connectivity index (χ0) is 19.5. The SMILES string of the molecule is CS(=O)(=O)c1nn(Cc2nc3cc(Cl)ccc3n2C2COC2)c2cnccc12. The first kappa shape index (κ1) is 17.6. The fraction of sp³-hybridized carbons (Fsp3) is 0.278. The Morgan fingerprint density at radius 3 is 2.79 bits per heavy atom. The van der Waals surface area contributed by atoms with Crippen LogP contribution in [0.25, 0.3) is 21.9 Å². The lowest BCUT2D eigenvalue weighted by atomic mass is 10.2. The number of nitrogens with zero attached hydrogens (tertiary/aromatic N) is 5. The van der Waals surface area contributed by atoms with Gasteiger partial charge in [-0.05, 0) is 24.3 Å². The van der Waals surface area contributed by atoms with Crippen LogP contribution in [0.15, 0.2) is 41.7 Å². The van der Waals surface area contributed by atoms with Crippen LogP contribution in [0, 0.1) is 0 Å². The summed E-state index contributed by atoms with van der Waals surface area (Å²) in [6.07, 6.45) is 4.34. The highest BCUT2D eigenvalue weighted by atomic mass is 35.5. The molecule has 1 fully saturated rings. The van der Waals surface area contributed by atoms with Gasteiger partial charge in [0.05, 0.1) is 48.5 Å². The number of aromatic nitrogens is 5. The Bertz CT molecular complexity index is 1320. The smallest absolute Gasteiger partial charge is 0.195 e. The Balaban J connectivity index is 1.69. The largest absolute Gasteiger partial charge is 0.377 e. The molecule has 0 unspecified atom stereocenters. The predicted octanol–water partition coefficient (Wildman–Crippen LogP) is 2.46. The molecule has 0 atom stereocenters. The van der Waals surface area contributed by atoms with Crippen molar-refractivity contribution in [3.8, 4) is 0 Å². The first-order valence-electron chi connectivity index (χ1n) is 8.66. The van der Waals surface area contributed by atoms with Crippen molar-refractivity contribution in [2.45, 2.75) is 17.6 Å². The number of pyridine rings is 1. The summed E-state index contributed by atoms with van der Waals surface area (Å²) in [4.78, 5) is 8.87. The molecule has 0 amide bonds. The van der Waals surface area contributed by atoms with Gasteiger partial charge in [0.25, 0.3) is 0 Å². The fourth-order valence-electron chi connectivity index (χ4n) is 3.53. The zero-order valence-electron chi connectivity index (χ0n) is 14.9. The van der Waals surface area contributed by atoms with Crippen LogP contribution in [0.5, 0.6) is 0 Å². The summed E-state index contributed by atoms with van der Waals surface area (Å²) < 4.78 is 33.5. The lowest BCUT2D eigenvalue weighted by Gasteiger charge is -2.29. The molecule has 28 heavy (non-hydrogen) atoms. The van der Waals surface area contributed by atoms with Crippen LogP contribution in [0.4, 0.5) is 0 Å². The lowest BCUT2D eigenvalue weighted by Crippen LogP contribution is -2.32. The van der Waals surface area contributed by atoms with Gasteiger partial charge in [0.2, 0.25) is 0 Å². The first-order chi connectivity index (χ1) is 13.4. The highest BCUT2D eigenvalue weighted by Gasteiger charge is 2.27. The topological polar surface area (TPSA) is 91.9 Å². The van der Waals surface area contributed by atoms with E-state index < -0.39 is 9.84 Å². The second kappa shape index (κ2) is 6.26. The molecule has 0 radical (unpaired) electrons. The highest BCUT2D eigenvalue weighted by Crippen LogP contribution is 2.29. The predicted molar refractivity (Wildman–Crippen MR) is 104 cm³/mol. The maximum absolute atomic E-state index is 12.2. The number of hydrogen-bond donors (Lipinski definition) is 0. The van der Waals surface area contributed by atoms with Gasteiger partial charge in [-0.3, -0.25) is 9.67 Å². The van der Waals surface area contributed by atoms with Crippen molar-refractivity contribution < 1.29 is 13.2 Å². The van der Waals surface area contributed by atoms with E-state index in [-0.39, 0.29) is 11.1 Å². The molecule has 4 heterocycles. The fourth-order valence-corrected chi connectivity index (χ4v) is 4.52. The van der Waals surface area contributed by atoms with Gasteiger partial charge < -0.3 is 9.30 Å². The van der Waals surface area contributed by atoms with Crippen molar-refractivity contribution in [3.63, 3.8) is 0 Å². The van der Waals surface area contributed by atoms with Crippen molar-refractivity contribution in [1.29, 1.82) is 0 Å². The summed E-state index contributed by atoms with van der Waals surface area (Å²) in [7, 11) is -3.48. The van der Waals surface area contributed by atoms with E-state index in [9.17, 15) is 8.42 Å². The zero-order valence-corrected chi connectivity index (χ0v) is 16.5. The summed E-state index contributed by atoms with van der Waals surface area (Å²) in [5.41, 5.74) is 2.39. The maximum Gasteiger partial charge on any atom is 0.195 e. The van der Waals surface area contributed by atoms with Crippen molar-refractivity contribution in [3.05, 3.63) is 47.5 Å². The molecular formula is C18H16ClN5O3S. The Morgan fingerprint density at radius 1 is 1.25 bits per heavy atom. The highest BCUT2D eigenvalue weighted by molar-refractivity contribution is 7.90. The molecule has 4 aromatic rings. The van der Waals surface area contributed by atoms with Gasteiger partial charge in [0.1, 0.15) is 5.82 Å². The molecule has 0 bridgehead atoms. The van der Waals surface area contributed by atoms with Crippen molar-refractivity contribution in [2.75, 3.05) is 19.5 Å². The number of benzene rings is 1. The molecule has 0 N–H and O–H groups in total. The molecule has 8 nitrogen and oxygen atoms in total. The van der Waals surface area contributed by atoms with Gasteiger partial charge >= 0.3 is 0 Å². The van der Waals surface area contributed by atoms with Gasteiger partial charge in [0.15, 0.2) is 14.9 Å². The van der Waals surface area contributed by atoms with Crippen molar-refractivity contribution in [1.82, 2.24) is 24.3 Å². The Labute approximate surface area is 165 Å². The van der Waals surface area contributed by atoms with E-state index >= 15 is 0 Å². The number of fused-ring (bicyclic) bond motifs is 2. The molecule has 144 valence electrons. The third-order valence-electron chi connectivity index (χ3n) is 4.87. The molecule has 0 saturated carbocycles. The number of sulfone groups is 1. The van der Waals surface area contributed by atoms with E-state index in [1.54, 1.807) is 23.1 Å². The summed E-state index contributed by atoms with van der Waals surface area (Å²) in [5, 5.41) is 5.57. The average Bonchev–Trinajstić information content (AvgIpc) is 3.13. The van der Waals surface area contributed by atoms with Crippen LogP contribution >= 0.6 is 11.6 Å². The minimum Gasteiger partial charge on any atom is -0.377 e. The Morgan fingerprint density at radius 2 is 2.07 bits per heavy atom. The maximum atomic E-state index is 12.2. The standard InChI is InChI=1S/C18H16ClN5O3S/c1-28(25,26)18-13-4-5-20-7-16(13)23(22-18)8-17-21-14-6-11(19)2-3-15(14)24(17)12-9-27-10-12/h2-7,12H,8-10H2,1H3. The molecule has 1 aliphatic heterocycles. The van der Waals surface area contributed by atoms with Crippen LogP contribution < -0.4 is 0 Å². The van der Waals surface area contributed by atoms with Crippen LogP contribution in [-0.2, 0) is 21.1 Å². The van der Waals surface area contributed by atoms with E-state index in [0.717, 1.165) is 23.1 Å². The molecule has 5 rings (SSSR count). The van der Waals surface area contributed by atoms with Crippen LogP contribution in [0.2, 0.25) is 5.02 Å². The number of rotatable bonds is 4. The van der Waals surface area contributed by atoms with E-state index in [1.165, 1.54) is 0 Å². The van der Waals surface area contributed by atoms with Crippen molar-refractivity contribution in [2.24, 2.45) is 0 Å². The molecule has 3 aromatic heterocycles. The van der Waals surface area contributed by atoms with Gasteiger partial charge in [-0.2, -0.15) is 5.10 Å². The summed E-state index contributed by atoms with van der Waals surface area (Å²) in [6, 6.07) is 7.44. The minimum atomic E-state index is -3.48. The molecule has 1 aliphatic rings. The third-order valence-corrected chi connectivity index (χ3v) is 6.11. The molecule has 0 aliphatic carbocycles. The molecular weight excluding hydrogens is 402 g/mol. The number of ether oxygens (including phenoxy) is 1. The first-order valence-corrected chi connectivity index (χ1v) is 10.9. The second-order valence-electron chi connectivity index (χ2n) is 6.85. The summed E-state index contributed by atoms with van der Waals surface area (Å²) >= 11 is 6.13. The van der Waals surface area contributed by atoms with Crippen LogP contribution in [0.1, 0.15) is 11.9 Å². The monoisotopic (exact) mass is 417 g/mol. The van der Waals surface area contributed by atoms with E-state index in [4.69, 9.17) is 21.3 Å². The summed E-state index contributed by atoms with van der Waals surface area (Å²) in [6.45, 7) is 1.52. The molecule has 1 saturated heterocycles. The minimum absolute atomic E-state index is 0.0441. The Hall–Kier alpha value is -2.49.